The molecule has 110 valence electrons. The molecule has 0 heterocycles. The van der Waals surface area contributed by atoms with Gasteiger partial charge in [0.05, 0.1) is 13.2 Å². The van der Waals surface area contributed by atoms with Gasteiger partial charge < -0.3 is 4.74 Å². The zero-order valence-electron chi connectivity index (χ0n) is 12.7. The van der Waals surface area contributed by atoms with Crippen molar-refractivity contribution in [1.82, 2.24) is 4.90 Å². The summed E-state index contributed by atoms with van der Waals surface area (Å²) in [5, 5.41) is 0. The molecule has 0 aromatic rings. The van der Waals surface area contributed by atoms with Crippen LogP contribution >= 0.6 is 0 Å². The molecule has 19 heavy (non-hydrogen) atoms. The Morgan fingerprint density at radius 3 is 2.32 bits per heavy atom. The van der Waals surface area contributed by atoms with Crippen LogP contribution in [0.1, 0.15) is 47.0 Å². The molecule has 0 aromatic heterocycles. The summed E-state index contributed by atoms with van der Waals surface area (Å²) in [6, 6.07) is 0. The summed E-state index contributed by atoms with van der Waals surface area (Å²) < 4.78 is 4.98. The smallest absolute Gasteiger partial charge is 0.319 e. The van der Waals surface area contributed by atoms with Gasteiger partial charge in [0, 0.05) is 6.54 Å². The monoisotopic (exact) mass is 269 g/mol. The van der Waals surface area contributed by atoms with Crippen molar-refractivity contribution in [2.45, 2.75) is 47.0 Å². The standard InChI is InChI=1S/C15H27NO3/c1-5-16(10-12-8-7-9-12)11-13(17)15(3,4)14(18)19-6-2/h12H,5-11H2,1-4H3. The minimum Gasteiger partial charge on any atom is -0.465 e. The molecule has 4 nitrogen and oxygen atoms in total. The summed E-state index contributed by atoms with van der Waals surface area (Å²) in [4.78, 5) is 26.2. The third kappa shape index (κ3) is 4.30. The van der Waals surface area contributed by atoms with Gasteiger partial charge >= 0.3 is 5.97 Å². The molecule has 0 N–H and O–H groups in total. The number of nitrogens with zero attached hydrogens (tertiary/aromatic N) is 1. The number of hydrogen-bond acceptors (Lipinski definition) is 4. The van der Waals surface area contributed by atoms with Crippen molar-refractivity contribution < 1.29 is 14.3 Å². The summed E-state index contributed by atoms with van der Waals surface area (Å²) in [5.74, 6) is 0.269. The molecule has 1 saturated carbocycles. The molecule has 0 amide bonds. The maximum Gasteiger partial charge on any atom is 0.319 e. The Labute approximate surface area is 116 Å². The van der Waals surface area contributed by atoms with Crippen LogP contribution in [-0.2, 0) is 14.3 Å². The summed E-state index contributed by atoms with van der Waals surface area (Å²) in [7, 11) is 0. The Morgan fingerprint density at radius 2 is 1.89 bits per heavy atom. The van der Waals surface area contributed by atoms with Gasteiger partial charge in [0.1, 0.15) is 5.41 Å². The van der Waals surface area contributed by atoms with Gasteiger partial charge in [-0.15, -0.1) is 0 Å². The average molecular weight is 269 g/mol. The minimum atomic E-state index is -1.04. The van der Waals surface area contributed by atoms with Gasteiger partial charge in [0.2, 0.25) is 0 Å². The van der Waals surface area contributed by atoms with Crippen molar-refractivity contribution in [3.63, 3.8) is 0 Å². The van der Waals surface area contributed by atoms with Crippen molar-refractivity contribution in [2.24, 2.45) is 11.3 Å². The van der Waals surface area contributed by atoms with E-state index in [9.17, 15) is 9.59 Å². The Kier molecular flexibility index (Phi) is 5.98. The molecule has 0 spiro atoms. The van der Waals surface area contributed by atoms with Crippen LogP contribution in [0.25, 0.3) is 0 Å². The molecule has 0 radical (unpaired) electrons. The molecule has 0 bridgehead atoms. The fraction of sp³-hybridized carbons (Fsp3) is 0.867. The van der Waals surface area contributed by atoms with E-state index < -0.39 is 11.4 Å². The third-order valence-corrected chi connectivity index (χ3v) is 4.04. The predicted molar refractivity (Wildman–Crippen MR) is 74.9 cm³/mol. The van der Waals surface area contributed by atoms with E-state index in [0.29, 0.717) is 13.2 Å². The summed E-state index contributed by atoms with van der Waals surface area (Å²) in [6.45, 7) is 9.61. The zero-order valence-corrected chi connectivity index (χ0v) is 12.7. The van der Waals surface area contributed by atoms with Crippen LogP contribution in [-0.4, -0.2) is 42.9 Å². The van der Waals surface area contributed by atoms with Crippen LogP contribution in [0.15, 0.2) is 0 Å². The van der Waals surface area contributed by atoms with Crippen LogP contribution in [0.4, 0.5) is 0 Å². The highest BCUT2D eigenvalue weighted by atomic mass is 16.5. The highest BCUT2D eigenvalue weighted by Gasteiger charge is 2.38. The first-order valence-corrected chi connectivity index (χ1v) is 7.34. The van der Waals surface area contributed by atoms with E-state index in [1.54, 1.807) is 20.8 Å². The maximum absolute atomic E-state index is 12.3. The van der Waals surface area contributed by atoms with E-state index in [-0.39, 0.29) is 5.78 Å². The van der Waals surface area contributed by atoms with Gasteiger partial charge in [0.25, 0.3) is 0 Å². The molecule has 1 aliphatic rings. The van der Waals surface area contributed by atoms with E-state index in [4.69, 9.17) is 4.74 Å². The van der Waals surface area contributed by atoms with Gasteiger partial charge in [-0.3, -0.25) is 14.5 Å². The number of esters is 1. The summed E-state index contributed by atoms with van der Waals surface area (Å²) in [5.41, 5.74) is -1.04. The van der Waals surface area contributed by atoms with Crippen LogP contribution in [0.3, 0.4) is 0 Å². The lowest BCUT2D eigenvalue weighted by Gasteiger charge is -2.32. The maximum atomic E-state index is 12.3. The number of carbonyl (C=O) groups is 2. The fourth-order valence-corrected chi connectivity index (χ4v) is 2.17. The second-order valence-corrected chi connectivity index (χ2v) is 5.89. The number of likely N-dealkylation sites (N-methyl/N-ethyl adjacent to an activating group) is 1. The van der Waals surface area contributed by atoms with Crippen LogP contribution in [0, 0.1) is 11.3 Å². The Hall–Kier alpha value is -0.900. The normalized spacial score (nSPS) is 16.3. The highest BCUT2D eigenvalue weighted by Crippen LogP contribution is 2.27. The topological polar surface area (TPSA) is 46.6 Å². The first-order chi connectivity index (χ1) is 8.91. The minimum absolute atomic E-state index is 0.0490. The largest absolute Gasteiger partial charge is 0.465 e. The number of ether oxygens (including phenoxy) is 1. The van der Waals surface area contributed by atoms with Crippen LogP contribution < -0.4 is 0 Å². The molecule has 0 atom stereocenters. The number of Topliss-reactive ketones (excluding diaryl/α,β-unsaturated/α-hetero) is 1. The molecule has 0 aromatic carbocycles. The van der Waals surface area contributed by atoms with Crippen molar-refractivity contribution in [3.05, 3.63) is 0 Å². The Balaban J connectivity index is 2.52. The second kappa shape index (κ2) is 7.04. The van der Waals surface area contributed by atoms with E-state index in [1.165, 1.54) is 19.3 Å². The van der Waals surface area contributed by atoms with Crippen LogP contribution in [0.2, 0.25) is 0 Å². The number of rotatable bonds is 8. The van der Waals surface area contributed by atoms with Gasteiger partial charge in [0.15, 0.2) is 5.78 Å². The molecular formula is C15H27NO3. The average Bonchev–Trinajstić information content (AvgIpc) is 2.31. The Bertz CT molecular complexity index is 321. The van der Waals surface area contributed by atoms with Crippen molar-refractivity contribution >= 4 is 11.8 Å². The van der Waals surface area contributed by atoms with Gasteiger partial charge in [-0.05, 0) is 46.1 Å². The summed E-state index contributed by atoms with van der Waals surface area (Å²) in [6.07, 6.45) is 3.85. The lowest BCUT2D eigenvalue weighted by molar-refractivity contribution is -0.158. The quantitative estimate of drug-likeness (QED) is 0.501. The van der Waals surface area contributed by atoms with Crippen LogP contribution in [0.5, 0.6) is 0 Å². The molecule has 1 aliphatic carbocycles. The predicted octanol–water partition coefficient (Wildman–Crippen LogP) is 2.27. The van der Waals surface area contributed by atoms with Crippen molar-refractivity contribution in [1.29, 1.82) is 0 Å². The SMILES string of the molecule is CCOC(=O)C(C)(C)C(=O)CN(CC)CC1CCC1. The lowest BCUT2D eigenvalue weighted by Crippen LogP contribution is -2.44. The van der Waals surface area contributed by atoms with Crippen molar-refractivity contribution in [3.8, 4) is 0 Å². The molecule has 0 aliphatic heterocycles. The molecule has 1 rings (SSSR count). The molecule has 4 heteroatoms. The molecule has 0 unspecified atom stereocenters. The van der Waals surface area contributed by atoms with E-state index in [1.807, 2.05) is 0 Å². The van der Waals surface area contributed by atoms with Crippen molar-refractivity contribution in [2.75, 3.05) is 26.2 Å². The van der Waals surface area contributed by atoms with E-state index in [2.05, 4.69) is 11.8 Å². The zero-order chi connectivity index (χ0) is 14.5. The fourth-order valence-electron chi connectivity index (χ4n) is 2.17. The Morgan fingerprint density at radius 1 is 1.26 bits per heavy atom. The lowest BCUT2D eigenvalue weighted by atomic mass is 9.84. The first-order valence-electron chi connectivity index (χ1n) is 7.34. The highest BCUT2D eigenvalue weighted by molar-refractivity contribution is 6.03. The van der Waals surface area contributed by atoms with Gasteiger partial charge in [-0.2, -0.15) is 0 Å². The van der Waals surface area contributed by atoms with Gasteiger partial charge in [-0.25, -0.2) is 0 Å². The van der Waals surface area contributed by atoms with E-state index in [0.717, 1.165) is 19.0 Å². The number of carbonyl (C=O) groups excluding carboxylic acids is 2. The second-order valence-electron chi connectivity index (χ2n) is 5.89. The van der Waals surface area contributed by atoms with Gasteiger partial charge in [-0.1, -0.05) is 13.3 Å². The first kappa shape index (κ1) is 16.2. The molecule has 1 fully saturated rings. The third-order valence-electron chi connectivity index (χ3n) is 4.04. The number of ketones is 1. The number of hydrogen-bond donors (Lipinski definition) is 0. The van der Waals surface area contributed by atoms with E-state index >= 15 is 0 Å². The molecular weight excluding hydrogens is 242 g/mol. The summed E-state index contributed by atoms with van der Waals surface area (Å²) >= 11 is 0. The molecule has 0 saturated heterocycles.